The van der Waals surface area contributed by atoms with Crippen molar-refractivity contribution in [2.75, 3.05) is 0 Å². The zero-order valence-corrected chi connectivity index (χ0v) is 13.2. The van der Waals surface area contributed by atoms with E-state index >= 15 is 0 Å². The van der Waals surface area contributed by atoms with Crippen molar-refractivity contribution < 1.29 is 9.53 Å². The van der Waals surface area contributed by atoms with Crippen LogP contribution in [0.2, 0.25) is 0 Å². The Morgan fingerprint density at radius 1 is 1.09 bits per heavy atom. The number of nitrogens with zero attached hydrogens (tertiary/aromatic N) is 1. The fraction of sp³-hybridized carbons (Fsp3) is 0.250. The summed E-state index contributed by atoms with van der Waals surface area (Å²) in [4.78, 5) is 12.3. The molecule has 1 aromatic heterocycles. The first-order valence-electron chi connectivity index (χ1n) is 8.05. The summed E-state index contributed by atoms with van der Waals surface area (Å²) in [7, 11) is 2.05. The molecule has 3 heteroatoms. The summed E-state index contributed by atoms with van der Waals surface area (Å²) in [6.07, 6.45) is 2.58. The lowest BCUT2D eigenvalue weighted by Crippen LogP contribution is -2.11. The molecule has 0 saturated carbocycles. The number of carbonyl (C=O) groups excluding carboxylic acids is 1. The molecule has 4 rings (SSSR count). The van der Waals surface area contributed by atoms with E-state index in [1.807, 2.05) is 49.5 Å². The number of aromatic nitrogens is 1. The summed E-state index contributed by atoms with van der Waals surface area (Å²) in [5, 5.41) is 1.03. The van der Waals surface area contributed by atoms with Gasteiger partial charge in [-0.1, -0.05) is 30.3 Å². The molecule has 0 amide bonds. The first kappa shape index (κ1) is 14.1. The molecule has 0 radical (unpaired) electrons. The molecule has 0 fully saturated rings. The van der Waals surface area contributed by atoms with Crippen LogP contribution in [0.1, 0.15) is 34.5 Å². The molecular weight excluding hydrogens is 286 g/mol. The number of carbonyl (C=O) groups is 1. The highest BCUT2D eigenvalue weighted by Crippen LogP contribution is 2.33. The molecule has 0 saturated heterocycles. The van der Waals surface area contributed by atoms with Crippen LogP contribution in [-0.4, -0.2) is 10.4 Å². The highest BCUT2D eigenvalue weighted by Gasteiger charge is 2.24. The minimum absolute atomic E-state index is 0.261. The Bertz CT molecular complexity index is 878. The molecule has 2 aromatic carbocycles. The molecule has 23 heavy (non-hydrogen) atoms. The Labute approximate surface area is 135 Å². The number of rotatable bonds is 3. The van der Waals surface area contributed by atoms with Crippen molar-refractivity contribution in [1.29, 1.82) is 0 Å². The lowest BCUT2D eigenvalue weighted by Gasteiger charge is -2.12. The third-order valence-corrected chi connectivity index (χ3v) is 4.64. The number of benzene rings is 2. The number of Topliss-reactive ketones (excluding diaryl/α,β-unsaturated/α-hetero) is 1. The number of ether oxygens (including phenoxy) is 1. The maximum absolute atomic E-state index is 12.3. The van der Waals surface area contributed by atoms with E-state index in [0.29, 0.717) is 13.0 Å². The molecule has 116 valence electrons. The third kappa shape index (κ3) is 2.42. The first-order chi connectivity index (χ1) is 11.2. The first-order valence-corrected chi connectivity index (χ1v) is 8.05. The van der Waals surface area contributed by atoms with E-state index in [9.17, 15) is 4.79 Å². The molecule has 1 aliphatic carbocycles. The summed E-state index contributed by atoms with van der Waals surface area (Å²) < 4.78 is 8.07. The van der Waals surface area contributed by atoms with Gasteiger partial charge in [0, 0.05) is 35.6 Å². The van der Waals surface area contributed by atoms with E-state index in [1.54, 1.807) is 0 Å². The van der Waals surface area contributed by atoms with E-state index in [1.165, 1.54) is 0 Å². The SMILES string of the molecule is Cn1c2c(c3cc(OCc4ccccc4)ccc31)C(=O)CCC2. The number of hydrogen-bond acceptors (Lipinski definition) is 2. The topological polar surface area (TPSA) is 31.2 Å². The smallest absolute Gasteiger partial charge is 0.165 e. The van der Waals surface area contributed by atoms with Crippen molar-refractivity contribution in [3.8, 4) is 5.75 Å². The average Bonchev–Trinajstić information content (AvgIpc) is 2.88. The van der Waals surface area contributed by atoms with Gasteiger partial charge in [0.1, 0.15) is 12.4 Å². The van der Waals surface area contributed by atoms with Gasteiger partial charge in [-0.25, -0.2) is 0 Å². The largest absolute Gasteiger partial charge is 0.489 e. The second kappa shape index (κ2) is 5.58. The second-order valence-corrected chi connectivity index (χ2v) is 6.11. The maximum Gasteiger partial charge on any atom is 0.165 e. The van der Waals surface area contributed by atoms with Crippen molar-refractivity contribution in [3.63, 3.8) is 0 Å². The Kier molecular flexibility index (Phi) is 3.41. The predicted octanol–water partition coefficient (Wildman–Crippen LogP) is 4.28. The maximum atomic E-state index is 12.3. The fourth-order valence-corrected chi connectivity index (χ4v) is 3.45. The Morgan fingerprint density at radius 2 is 1.91 bits per heavy atom. The van der Waals surface area contributed by atoms with Crippen LogP contribution in [0.25, 0.3) is 10.9 Å². The number of aryl methyl sites for hydroxylation is 1. The number of fused-ring (bicyclic) bond motifs is 3. The van der Waals surface area contributed by atoms with E-state index < -0.39 is 0 Å². The molecule has 0 unspecified atom stereocenters. The fourth-order valence-electron chi connectivity index (χ4n) is 3.45. The number of ketones is 1. The van der Waals surface area contributed by atoms with Gasteiger partial charge in [0.05, 0.1) is 0 Å². The van der Waals surface area contributed by atoms with Crippen molar-refractivity contribution in [1.82, 2.24) is 4.57 Å². The zero-order valence-electron chi connectivity index (χ0n) is 13.2. The van der Waals surface area contributed by atoms with Gasteiger partial charge in [-0.3, -0.25) is 4.79 Å². The van der Waals surface area contributed by atoms with E-state index in [-0.39, 0.29) is 5.78 Å². The molecule has 0 N–H and O–H groups in total. The van der Waals surface area contributed by atoms with Crippen LogP contribution in [0.4, 0.5) is 0 Å². The Morgan fingerprint density at radius 3 is 2.74 bits per heavy atom. The van der Waals surface area contributed by atoms with Gasteiger partial charge in [0.2, 0.25) is 0 Å². The van der Waals surface area contributed by atoms with Gasteiger partial charge in [-0.2, -0.15) is 0 Å². The zero-order chi connectivity index (χ0) is 15.8. The molecular formula is C20H19NO2. The Hall–Kier alpha value is -2.55. The average molecular weight is 305 g/mol. The molecule has 0 bridgehead atoms. The summed E-state index contributed by atoms with van der Waals surface area (Å²) in [6, 6.07) is 16.2. The third-order valence-electron chi connectivity index (χ3n) is 4.64. The molecule has 3 aromatic rings. The van der Waals surface area contributed by atoms with Crippen molar-refractivity contribution >= 4 is 16.7 Å². The highest BCUT2D eigenvalue weighted by atomic mass is 16.5. The molecule has 0 aliphatic heterocycles. The van der Waals surface area contributed by atoms with Gasteiger partial charge in [0.25, 0.3) is 0 Å². The second-order valence-electron chi connectivity index (χ2n) is 6.11. The molecule has 3 nitrogen and oxygen atoms in total. The summed E-state index contributed by atoms with van der Waals surface area (Å²) in [5.74, 6) is 1.07. The van der Waals surface area contributed by atoms with Crippen molar-refractivity contribution in [2.24, 2.45) is 7.05 Å². The van der Waals surface area contributed by atoms with E-state index in [4.69, 9.17) is 4.74 Å². The minimum Gasteiger partial charge on any atom is -0.489 e. The van der Waals surface area contributed by atoms with Crippen LogP contribution in [0.15, 0.2) is 48.5 Å². The van der Waals surface area contributed by atoms with Gasteiger partial charge < -0.3 is 9.30 Å². The number of hydrogen-bond donors (Lipinski definition) is 0. The van der Waals surface area contributed by atoms with E-state index in [2.05, 4.69) is 10.6 Å². The van der Waals surface area contributed by atoms with Gasteiger partial charge >= 0.3 is 0 Å². The molecule has 0 spiro atoms. The molecule has 0 atom stereocenters. The van der Waals surface area contributed by atoms with Crippen LogP contribution in [0, 0.1) is 0 Å². The lowest BCUT2D eigenvalue weighted by molar-refractivity contribution is 0.0973. The van der Waals surface area contributed by atoms with Gasteiger partial charge in [-0.15, -0.1) is 0 Å². The quantitative estimate of drug-likeness (QED) is 0.723. The summed E-state index contributed by atoms with van der Waals surface area (Å²) >= 11 is 0. The summed E-state index contributed by atoms with van der Waals surface area (Å²) in [5.41, 5.74) is 4.31. The van der Waals surface area contributed by atoms with Crippen LogP contribution < -0.4 is 4.74 Å². The highest BCUT2D eigenvalue weighted by molar-refractivity contribution is 6.10. The van der Waals surface area contributed by atoms with Crippen LogP contribution in [0.3, 0.4) is 0 Å². The van der Waals surface area contributed by atoms with Crippen LogP contribution >= 0.6 is 0 Å². The monoisotopic (exact) mass is 305 g/mol. The minimum atomic E-state index is 0.261. The summed E-state index contributed by atoms with van der Waals surface area (Å²) in [6.45, 7) is 0.537. The lowest BCUT2D eigenvalue weighted by atomic mass is 9.94. The standard InChI is InChI=1S/C20H19NO2/c1-21-17-11-10-15(23-13-14-6-3-2-4-7-14)12-16(17)20-18(21)8-5-9-19(20)22/h2-4,6-7,10-12H,5,8-9,13H2,1H3. The normalized spacial score (nSPS) is 14.0. The van der Waals surface area contributed by atoms with Gasteiger partial charge in [-0.05, 0) is 36.6 Å². The van der Waals surface area contributed by atoms with Crippen LogP contribution in [-0.2, 0) is 20.1 Å². The Balaban J connectivity index is 1.70. The predicted molar refractivity (Wildman–Crippen MR) is 91.0 cm³/mol. The van der Waals surface area contributed by atoms with Crippen molar-refractivity contribution in [2.45, 2.75) is 25.9 Å². The van der Waals surface area contributed by atoms with Crippen molar-refractivity contribution in [3.05, 3.63) is 65.4 Å². The molecule has 1 aliphatic rings. The molecule has 1 heterocycles. The van der Waals surface area contributed by atoms with E-state index in [0.717, 1.165) is 46.3 Å². The van der Waals surface area contributed by atoms with Gasteiger partial charge in [0.15, 0.2) is 5.78 Å². The van der Waals surface area contributed by atoms with Crippen LogP contribution in [0.5, 0.6) is 5.75 Å².